The van der Waals surface area contributed by atoms with Gasteiger partial charge < -0.3 is 0 Å². The Morgan fingerprint density at radius 3 is 1.21 bits per heavy atom. The Morgan fingerprint density at radius 2 is 0.821 bits per heavy atom. The van der Waals surface area contributed by atoms with Crippen LogP contribution in [0.3, 0.4) is 0 Å². The molecule has 0 heteroatoms. The molecule has 0 radical (unpaired) electrons. The van der Waals surface area contributed by atoms with E-state index in [1.54, 1.807) is 0 Å². The Bertz CT molecular complexity index is 1220. The molecule has 0 nitrogen and oxygen atoms in total. The van der Waals surface area contributed by atoms with Crippen LogP contribution in [0.25, 0.3) is 43.1 Å². The lowest BCUT2D eigenvalue weighted by molar-refractivity contribution is 0.924. The smallest absolute Gasteiger partial charge is 0.00990 e. The molecule has 5 aromatic rings. The number of fused-ring (bicyclic) bond motifs is 6. The highest BCUT2D eigenvalue weighted by Gasteiger charge is 2.07. The molecule has 0 atom stereocenters. The third-order valence-corrected chi connectivity index (χ3v) is 6.00. The quantitative estimate of drug-likeness (QED) is 0.223. The third kappa shape index (κ3) is 2.85. The van der Waals surface area contributed by atoms with Gasteiger partial charge in [-0.3, -0.25) is 0 Å². The summed E-state index contributed by atoms with van der Waals surface area (Å²) >= 11 is 0. The van der Waals surface area contributed by atoms with Crippen molar-refractivity contribution in [2.24, 2.45) is 0 Å². The number of hydrogen-bond donors (Lipinski definition) is 0. The Morgan fingerprint density at radius 1 is 0.429 bits per heavy atom. The van der Waals surface area contributed by atoms with Crippen molar-refractivity contribution in [2.75, 3.05) is 0 Å². The molecular formula is C28H26. The van der Waals surface area contributed by atoms with E-state index in [9.17, 15) is 0 Å². The lowest BCUT2D eigenvalue weighted by atomic mass is 9.93. The molecule has 0 saturated carbocycles. The molecule has 0 unspecified atom stereocenters. The molecule has 0 heterocycles. The third-order valence-electron chi connectivity index (χ3n) is 6.00. The van der Waals surface area contributed by atoms with Gasteiger partial charge in [-0.05, 0) is 79.2 Å². The summed E-state index contributed by atoms with van der Waals surface area (Å²) in [5, 5.41) is 10.8. The average Bonchev–Trinajstić information content (AvgIpc) is 2.72. The number of rotatable bonds is 4. The van der Waals surface area contributed by atoms with Crippen LogP contribution < -0.4 is 0 Å². The summed E-state index contributed by atoms with van der Waals surface area (Å²) < 4.78 is 0. The topological polar surface area (TPSA) is 0 Å². The van der Waals surface area contributed by atoms with Gasteiger partial charge in [0.25, 0.3) is 0 Å². The van der Waals surface area contributed by atoms with Gasteiger partial charge >= 0.3 is 0 Å². The Kier molecular flexibility index (Phi) is 4.28. The van der Waals surface area contributed by atoms with E-state index < -0.39 is 0 Å². The standard InChI is InChI=1S/C28H26/c1-3-5-19-7-13-25-21(15-19)9-11-23-18-28-24(17-27(23)25)12-10-22-16-20(6-4-2)8-14-26(22)28/h7-18H,3-6H2,1-2H3. The molecule has 0 aliphatic rings. The first-order valence-electron chi connectivity index (χ1n) is 10.6. The predicted octanol–water partition coefficient (Wildman–Crippen LogP) is 8.20. The highest BCUT2D eigenvalue weighted by Crippen LogP contribution is 2.34. The van der Waals surface area contributed by atoms with Crippen molar-refractivity contribution < 1.29 is 0 Å². The molecular weight excluding hydrogens is 336 g/mol. The maximum absolute atomic E-state index is 2.38. The van der Waals surface area contributed by atoms with E-state index in [1.165, 1.54) is 67.1 Å². The van der Waals surface area contributed by atoms with E-state index >= 15 is 0 Å². The van der Waals surface area contributed by atoms with E-state index in [-0.39, 0.29) is 0 Å². The Balaban J connectivity index is 1.75. The number of benzene rings is 5. The molecule has 5 rings (SSSR count). The fourth-order valence-electron chi connectivity index (χ4n) is 4.61. The van der Waals surface area contributed by atoms with Crippen LogP contribution in [0.2, 0.25) is 0 Å². The van der Waals surface area contributed by atoms with Crippen molar-refractivity contribution in [1.29, 1.82) is 0 Å². The Labute approximate surface area is 166 Å². The molecule has 28 heavy (non-hydrogen) atoms. The first-order chi connectivity index (χ1) is 13.8. The first kappa shape index (κ1) is 17.3. The normalized spacial score (nSPS) is 11.8. The lowest BCUT2D eigenvalue weighted by Crippen LogP contribution is -1.86. The zero-order chi connectivity index (χ0) is 19.1. The summed E-state index contributed by atoms with van der Waals surface area (Å²) in [6.07, 6.45) is 4.68. The molecule has 0 spiro atoms. The van der Waals surface area contributed by atoms with E-state index in [0.717, 1.165) is 12.8 Å². The summed E-state index contributed by atoms with van der Waals surface area (Å²) in [6, 6.07) is 27.8. The van der Waals surface area contributed by atoms with Gasteiger partial charge in [-0.1, -0.05) is 87.4 Å². The second kappa shape index (κ2) is 6.95. The molecule has 0 aliphatic carbocycles. The predicted molar refractivity (Wildman–Crippen MR) is 124 cm³/mol. The molecule has 0 aromatic heterocycles. The minimum atomic E-state index is 1.15. The summed E-state index contributed by atoms with van der Waals surface area (Å²) in [4.78, 5) is 0. The first-order valence-corrected chi connectivity index (χ1v) is 10.6. The molecule has 0 N–H and O–H groups in total. The van der Waals surface area contributed by atoms with Crippen LogP contribution >= 0.6 is 0 Å². The fraction of sp³-hybridized carbons (Fsp3) is 0.214. The van der Waals surface area contributed by atoms with Crippen molar-refractivity contribution >= 4 is 43.1 Å². The van der Waals surface area contributed by atoms with Crippen molar-refractivity contribution in [3.8, 4) is 0 Å². The van der Waals surface area contributed by atoms with Crippen LogP contribution in [0.5, 0.6) is 0 Å². The van der Waals surface area contributed by atoms with Gasteiger partial charge in [-0.2, -0.15) is 0 Å². The van der Waals surface area contributed by atoms with Gasteiger partial charge in [0.15, 0.2) is 0 Å². The average molecular weight is 363 g/mol. The summed E-state index contributed by atoms with van der Waals surface area (Å²) in [7, 11) is 0. The maximum atomic E-state index is 2.38. The van der Waals surface area contributed by atoms with Crippen LogP contribution in [-0.4, -0.2) is 0 Å². The van der Waals surface area contributed by atoms with Gasteiger partial charge in [0.1, 0.15) is 0 Å². The second-order valence-corrected chi connectivity index (χ2v) is 8.04. The fourth-order valence-corrected chi connectivity index (χ4v) is 4.61. The molecule has 0 saturated heterocycles. The van der Waals surface area contributed by atoms with E-state index in [4.69, 9.17) is 0 Å². The van der Waals surface area contributed by atoms with Crippen molar-refractivity contribution in [3.63, 3.8) is 0 Å². The van der Waals surface area contributed by atoms with Gasteiger partial charge in [-0.15, -0.1) is 0 Å². The summed E-state index contributed by atoms with van der Waals surface area (Å²) in [5.41, 5.74) is 2.87. The van der Waals surface area contributed by atoms with Crippen molar-refractivity contribution in [1.82, 2.24) is 0 Å². The lowest BCUT2D eigenvalue weighted by Gasteiger charge is -2.11. The highest BCUT2D eigenvalue weighted by atomic mass is 14.1. The van der Waals surface area contributed by atoms with Crippen molar-refractivity contribution in [2.45, 2.75) is 39.5 Å². The van der Waals surface area contributed by atoms with Crippen LogP contribution in [0.4, 0.5) is 0 Å². The van der Waals surface area contributed by atoms with Crippen LogP contribution in [0, 0.1) is 0 Å². The largest absolute Gasteiger partial charge is 0.0651 e. The monoisotopic (exact) mass is 362 g/mol. The van der Waals surface area contributed by atoms with E-state index in [1.807, 2.05) is 0 Å². The maximum Gasteiger partial charge on any atom is -0.00990 e. The number of hydrogen-bond acceptors (Lipinski definition) is 0. The second-order valence-electron chi connectivity index (χ2n) is 8.04. The minimum Gasteiger partial charge on any atom is -0.0651 e. The zero-order valence-corrected chi connectivity index (χ0v) is 16.8. The molecule has 0 amide bonds. The minimum absolute atomic E-state index is 1.15. The van der Waals surface area contributed by atoms with Gasteiger partial charge in [0, 0.05) is 0 Å². The van der Waals surface area contributed by atoms with E-state index in [0.29, 0.717) is 0 Å². The van der Waals surface area contributed by atoms with Gasteiger partial charge in [0.05, 0.1) is 0 Å². The van der Waals surface area contributed by atoms with Crippen LogP contribution in [0.15, 0.2) is 72.8 Å². The summed E-state index contributed by atoms with van der Waals surface area (Å²) in [5.74, 6) is 0. The van der Waals surface area contributed by atoms with Crippen LogP contribution in [0.1, 0.15) is 37.8 Å². The summed E-state index contributed by atoms with van der Waals surface area (Å²) in [6.45, 7) is 4.48. The van der Waals surface area contributed by atoms with Gasteiger partial charge in [-0.25, -0.2) is 0 Å². The van der Waals surface area contributed by atoms with Crippen molar-refractivity contribution in [3.05, 3.63) is 83.9 Å². The zero-order valence-electron chi connectivity index (χ0n) is 16.8. The van der Waals surface area contributed by atoms with E-state index in [2.05, 4.69) is 86.6 Å². The molecule has 0 aliphatic heterocycles. The SMILES string of the molecule is CCCc1ccc2c(ccc3cc4c(ccc5cc(CCC)ccc54)cc32)c1. The van der Waals surface area contributed by atoms with Gasteiger partial charge in [0.2, 0.25) is 0 Å². The molecule has 138 valence electrons. The highest BCUT2D eigenvalue weighted by molar-refractivity contribution is 6.17. The molecule has 0 bridgehead atoms. The molecule has 0 fully saturated rings. The Hall–Kier alpha value is -2.86. The van der Waals surface area contributed by atoms with Crippen LogP contribution in [-0.2, 0) is 12.8 Å². The molecule has 5 aromatic carbocycles. The number of aryl methyl sites for hydroxylation is 2.